The van der Waals surface area contributed by atoms with E-state index in [2.05, 4.69) is 10.0 Å². The van der Waals surface area contributed by atoms with Gasteiger partial charge in [-0.25, -0.2) is 21.9 Å². The van der Waals surface area contributed by atoms with Gasteiger partial charge in [0.05, 0.1) is 0 Å². The average Bonchev–Trinajstić information content (AvgIpc) is 2.87. The fourth-order valence-corrected chi connectivity index (χ4v) is 3.54. The molecule has 2 N–H and O–H groups in total. The minimum atomic E-state index is -4.35. The van der Waals surface area contributed by atoms with E-state index in [4.69, 9.17) is 0 Å². The molecule has 9 heteroatoms. The van der Waals surface area contributed by atoms with Crippen LogP contribution in [0.5, 0.6) is 0 Å². The zero-order chi connectivity index (χ0) is 16.3. The lowest BCUT2D eigenvalue weighted by atomic mass is 10.3. The van der Waals surface area contributed by atoms with Crippen LogP contribution in [0.1, 0.15) is 12.5 Å². The zero-order valence-corrected chi connectivity index (χ0v) is 13.0. The molecule has 2 aromatic rings. The van der Waals surface area contributed by atoms with Crippen LogP contribution >= 0.6 is 11.3 Å². The molecular weight excluding hydrogens is 334 g/mol. The van der Waals surface area contributed by atoms with E-state index in [0.29, 0.717) is 5.56 Å². The number of rotatable bonds is 5. The van der Waals surface area contributed by atoms with Crippen LogP contribution in [0.25, 0.3) is 0 Å². The van der Waals surface area contributed by atoms with E-state index < -0.39 is 32.5 Å². The molecule has 1 aromatic carbocycles. The summed E-state index contributed by atoms with van der Waals surface area (Å²) in [6.07, 6.45) is 0. The maximum Gasteiger partial charge on any atom is 0.246 e. The lowest BCUT2D eigenvalue weighted by Gasteiger charge is -2.10. The molecule has 22 heavy (non-hydrogen) atoms. The second-order valence-electron chi connectivity index (χ2n) is 4.41. The van der Waals surface area contributed by atoms with Crippen molar-refractivity contribution in [1.82, 2.24) is 4.72 Å². The van der Waals surface area contributed by atoms with Gasteiger partial charge in [-0.2, -0.15) is 11.3 Å². The molecule has 0 saturated heterocycles. The highest BCUT2D eigenvalue weighted by Crippen LogP contribution is 2.23. The van der Waals surface area contributed by atoms with Crippen molar-refractivity contribution < 1.29 is 22.0 Å². The maximum atomic E-state index is 13.9. The maximum absolute atomic E-state index is 13.9. The smallest absolute Gasteiger partial charge is 0.246 e. The topological polar surface area (TPSA) is 75.3 Å². The van der Waals surface area contributed by atoms with Gasteiger partial charge in [0.25, 0.3) is 0 Å². The fourth-order valence-electron chi connectivity index (χ4n) is 1.74. The third-order valence-electron chi connectivity index (χ3n) is 2.63. The molecule has 0 aliphatic carbocycles. The monoisotopic (exact) mass is 346 g/mol. The van der Waals surface area contributed by atoms with Gasteiger partial charge in [-0.1, -0.05) is 0 Å². The highest BCUT2D eigenvalue weighted by atomic mass is 32.2. The Kier molecular flexibility index (Phi) is 4.89. The number of anilines is 1. The van der Waals surface area contributed by atoms with Crippen molar-refractivity contribution in [2.45, 2.75) is 18.4 Å². The molecule has 0 fully saturated rings. The highest BCUT2D eigenvalue weighted by Gasteiger charge is 2.25. The van der Waals surface area contributed by atoms with Crippen LogP contribution in [0, 0.1) is 11.6 Å². The summed E-state index contributed by atoms with van der Waals surface area (Å²) in [6.45, 7) is 1.10. The van der Waals surface area contributed by atoms with E-state index in [9.17, 15) is 22.0 Å². The van der Waals surface area contributed by atoms with Crippen molar-refractivity contribution in [2.75, 3.05) is 5.32 Å². The van der Waals surface area contributed by atoms with Crippen molar-refractivity contribution in [3.8, 4) is 0 Å². The van der Waals surface area contributed by atoms with Crippen molar-refractivity contribution in [1.29, 1.82) is 0 Å². The summed E-state index contributed by atoms with van der Waals surface area (Å²) in [5.41, 5.74) is 0.531. The number of amides is 1. The van der Waals surface area contributed by atoms with E-state index in [1.54, 1.807) is 16.8 Å². The molecule has 0 unspecified atom stereocenters. The number of halogens is 2. The molecule has 0 saturated carbocycles. The first-order valence-corrected chi connectivity index (χ1v) is 8.49. The Bertz CT molecular complexity index is 767. The van der Waals surface area contributed by atoms with Gasteiger partial charge in [0, 0.05) is 19.2 Å². The Morgan fingerprint density at radius 3 is 2.41 bits per heavy atom. The largest absolute Gasteiger partial charge is 0.326 e. The number of thiophene rings is 1. The molecule has 0 atom stereocenters. The third kappa shape index (κ3) is 3.87. The van der Waals surface area contributed by atoms with Crippen molar-refractivity contribution >= 4 is 33.0 Å². The SMILES string of the molecule is CC(=O)Nc1cc(F)c(S(=O)(=O)NCc2ccsc2)c(F)c1. The van der Waals surface area contributed by atoms with Crippen LogP contribution in [-0.2, 0) is 21.4 Å². The summed E-state index contributed by atoms with van der Waals surface area (Å²) < 4.78 is 54.0. The molecular formula is C13H12F2N2O3S2. The van der Waals surface area contributed by atoms with Crippen LogP contribution in [0.4, 0.5) is 14.5 Å². The Hall–Kier alpha value is -1.84. The number of benzene rings is 1. The minimum Gasteiger partial charge on any atom is -0.326 e. The van der Waals surface area contributed by atoms with Gasteiger partial charge < -0.3 is 5.32 Å². The second kappa shape index (κ2) is 6.51. The normalized spacial score (nSPS) is 11.4. The number of nitrogens with one attached hydrogen (secondary N) is 2. The van der Waals surface area contributed by atoms with Crippen LogP contribution in [0.3, 0.4) is 0 Å². The Labute approximate surface area is 130 Å². The number of carbonyl (C=O) groups excluding carboxylic acids is 1. The first-order chi connectivity index (χ1) is 10.3. The van der Waals surface area contributed by atoms with E-state index in [-0.39, 0.29) is 12.2 Å². The predicted octanol–water partition coefficient (Wildman–Crippen LogP) is 2.46. The van der Waals surface area contributed by atoms with Crippen molar-refractivity contribution in [3.05, 3.63) is 46.2 Å². The Balaban J connectivity index is 2.28. The summed E-state index contributed by atoms with van der Waals surface area (Å²) in [4.78, 5) is 9.79. The van der Waals surface area contributed by atoms with Gasteiger partial charge in [0.1, 0.15) is 11.6 Å². The van der Waals surface area contributed by atoms with Gasteiger partial charge in [-0.05, 0) is 34.5 Å². The summed E-state index contributed by atoms with van der Waals surface area (Å²) >= 11 is 1.38. The first kappa shape index (κ1) is 16.5. The molecule has 0 spiro atoms. The fraction of sp³-hybridized carbons (Fsp3) is 0.154. The Morgan fingerprint density at radius 2 is 1.91 bits per heavy atom. The van der Waals surface area contributed by atoms with E-state index >= 15 is 0 Å². The zero-order valence-electron chi connectivity index (χ0n) is 11.4. The quantitative estimate of drug-likeness (QED) is 0.873. The average molecular weight is 346 g/mol. The van der Waals surface area contributed by atoms with Crippen LogP contribution in [0.2, 0.25) is 0 Å². The molecule has 5 nitrogen and oxygen atoms in total. The molecule has 118 valence electrons. The molecule has 2 rings (SSSR count). The van der Waals surface area contributed by atoms with Gasteiger partial charge >= 0.3 is 0 Å². The standard InChI is InChI=1S/C13H12F2N2O3S2/c1-8(18)17-10-4-11(14)13(12(15)5-10)22(19,20)16-6-9-2-3-21-7-9/h2-5,7,16H,6H2,1H3,(H,17,18). The van der Waals surface area contributed by atoms with Gasteiger partial charge in [0.15, 0.2) is 4.90 Å². The van der Waals surface area contributed by atoms with Crippen LogP contribution < -0.4 is 10.0 Å². The summed E-state index contributed by atoms with van der Waals surface area (Å²) in [6, 6.07) is 3.20. The molecule has 0 aliphatic heterocycles. The number of sulfonamides is 1. The van der Waals surface area contributed by atoms with Gasteiger partial charge in [0.2, 0.25) is 15.9 Å². The van der Waals surface area contributed by atoms with E-state index in [1.165, 1.54) is 18.3 Å². The van der Waals surface area contributed by atoms with Gasteiger partial charge in [-0.3, -0.25) is 4.79 Å². The van der Waals surface area contributed by atoms with E-state index in [1.807, 2.05) is 0 Å². The molecule has 0 radical (unpaired) electrons. The number of hydrogen-bond donors (Lipinski definition) is 2. The highest BCUT2D eigenvalue weighted by molar-refractivity contribution is 7.89. The molecule has 0 bridgehead atoms. The second-order valence-corrected chi connectivity index (χ2v) is 6.89. The molecule has 1 aromatic heterocycles. The van der Waals surface area contributed by atoms with Crippen LogP contribution in [0.15, 0.2) is 33.9 Å². The summed E-state index contributed by atoms with van der Waals surface area (Å²) in [7, 11) is -4.35. The first-order valence-electron chi connectivity index (χ1n) is 6.07. The minimum absolute atomic E-state index is 0.0713. The van der Waals surface area contributed by atoms with Crippen molar-refractivity contribution in [2.24, 2.45) is 0 Å². The van der Waals surface area contributed by atoms with Crippen molar-refractivity contribution in [3.63, 3.8) is 0 Å². The lowest BCUT2D eigenvalue weighted by molar-refractivity contribution is -0.114. The summed E-state index contributed by atoms with van der Waals surface area (Å²) in [5, 5.41) is 5.66. The Morgan fingerprint density at radius 1 is 1.27 bits per heavy atom. The van der Waals surface area contributed by atoms with Gasteiger partial charge in [-0.15, -0.1) is 0 Å². The predicted molar refractivity (Wildman–Crippen MR) is 79.0 cm³/mol. The summed E-state index contributed by atoms with van der Waals surface area (Å²) in [5.74, 6) is -3.08. The molecule has 0 aliphatic rings. The molecule has 1 heterocycles. The number of carbonyl (C=O) groups is 1. The van der Waals surface area contributed by atoms with E-state index in [0.717, 1.165) is 12.1 Å². The lowest BCUT2D eigenvalue weighted by Crippen LogP contribution is -2.25. The third-order valence-corrected chi connectivity index (χ3v) is 4.82. The molecule has 1 amide bonds. The van der Waals surface area contributed by atoms with Crippen LogP contribution in [-0.4, -0.2) is 14.3 Å². The number of hydrogen-bond acceptors (Lipinski definition) is 4.